The molecule has 0 aliphatic heterocycles. The molecule has 134 valence electrons. The fourth-order valence-corrected chi connectivity index (χ4v) is 5.00. The van der Waals surface area contributed by atoms with E-state index in [1.54, 1.807) is 6.92 Å². The van der Waals surface area contributed by atoms with E-state index in [4.69, 9.17) is 11.5 Å². The molecular formula is C16H11N7OS3. The Kier molecular flexibility index (Phi) is 4.23. The molecule has 0 bridgehead atoms. The van der Waals surface area contributed by atoms with Crippen LogP contribution >= 0.6 is 34.0 Å². The molecular weight excluding hydrogens is 402 g/mol. The van der Waals surface area contributed by atoms with Crippen LogP contribution in [0.15, 0.2) is 17.5 Å². The summed E-state index contributed by atoms with van der Waals surface area (Å²) in [5, 5.41) is 23.6. The molecule has 0 saturated carbocycles. The molecule has 1 amide bonds. The minimum Gasteiger partial charge on any atom is -0.397 e. The standard InChI is InChI=1S/C16H11N7OS3/c1-6-22-23-16(26-6)21-14(24)12-11(18)10-9(8-3-2-4-25-8)7(5-17)13(19)20-15(10)27-12/h2-4H,18H2,1H3,(H2,19,20)(H,21,23,24). The zero-order chi connectivity index (χ0) is 19.1. The molecule has 11 heteroatoms. The van der Waals surface area contributed by atoms with Crippen LogP contribution in [-0.4, -0.2) is 21.1 Å². The second-order valence-corrected chi connectivity index (χ2v) is 8.57. The first-order chi connectivity index (χ1) is 13.0. The van der Waals surface area contributed by atoms with Gasteiger partial charge < -0.3 is 11.5 Å². The summed E-state index contributed by atoms with van der Waals surface area (Å²) in [4.78, 5) is 18.6. The monoisotopic (exact) mass is 413 g/mol. The number of anilines is 3. The fourth-order valence-electron chi connectivity index (χ4n) is 2.62. The molecule has 0 spiro atoms. The lowest BCUT2D eigenvalue weighted by Crippen LogP contribution is -2.11. The number of amides is 1. The number of carbonyl (C=O) groups excluding carboxylic acids is 1. The van der Waals surface area contributed by atoms with Crippen LogP contribution in [0.4, 0.5) is 16.6 Å². The van der Waals surface area contributed by atoms with E-state index in [-0.39, 0.29) is 21.9 Å². The Hall–Kier alpha value is -3.07. The molecule has 4 aromatic rings. The van der Waals surface area contributed by atoms with E-state index >= 15 is 0 Å². The molecule has 0 radical (unpaired) electrons. The lowest BCUT2D eigenvalue weighted by molar-refractivity contribution is 0.103. The zero-order valence-corrected chi connectivity index (χ0v) is 16.3. The van der Waals surface area contributed by atoms with E-state index in [2.05, 4.69) is 26.6 Å². The molecule has 8 nitrogen and oxygen atoms in total. The van der Waals surface area contributed by atoms with Crippen LogP contribution in [0.3, 0.4) is 0 Å². The molecule has 27 heavy (non-hydrogen) atoms. The van der Waals surface area contributed by atoms with Gasteiger partial charge in [-0.25, -0.2) is 4.98 Å². The third-order valence-electron chi connectivity index (χ3n) is 3.74. The molecule has 0 aliphatic rings. The van der Waals surface area contributed by atoms with Gasteiger partial charge in [-0.15, -0.1) is 32.9 Å². The van der Waals surface area contributed by atoms with E-state index in [0.717, 1.165) is 21.2 Å². The van der Waals surface area contributed by atoms with Crippen LogP contribution in [0.1, 0.15) is 20.2 Å². The highest BCUT2D eigenvalue weighted by molar-refractivity contribution is 7.21. The van der Waals surface area contributed by atoms with Crippen molar-refractivity contribution in [2.45, 2.75) is 6.92 Å². The number of carbonyl (C=O) groups is 1. The van der Waals surface area contributed by atoms with E-state index in [1.165, 1.54) is 22.7 Å². The first-order valence-electron chi connectivity index (χ1n) is 7.56. The molecule has 0 saturated heterocycles. The van der Waals surface area contributed by atoms with E-state index < -0.39 is 5.91 Å². The van der Waals surface area contributed by atoms with Crippen LogP contribution in [0.25, 0.3) is 20.7 Å². The Bertz CT molecular complexity index is 1220. The Balaban J connectivity index is 1.90. The number of aryl methyl sites for hydroxylation is 1. The minimum atomic E-state index is -0.402. The minimum absolute atomic E-state index is 0.112. The number of nitrogens with two attached hydrogens (primary N) is 2. The average molecular weight is 414 g/mol. The van der Waals surface area contributed by atoms with E-state index in [9.17, 15) is 10.1 Å². The van der Waals surface area contributed by atoms with Gasteiger partial charge in [0.25, 0.3) is 5.91 Å². The second-order valence-electron chi connectivity index (χ2n) is 5.44. The number of nitrogens with one attached hydrogen (secondary N) is 1. The highest BCUT2D eigenvalue weighted by Crippen LogP contribution is 2.43. The molecule has 4 aromatic heterocycles. The second kappa shape index (κ2) is 6.58. The number of hydrogen-bond donors (Lipinski definition) is 3. The largest absolute Gasteiger partial charge is 0.397 e. The van der Waals surface area contributed by atoms with E-state index in [0.29, 0.717) is 20.9 Å². The first-order valence-corrected chi connectivity index (χ1v) is 10.1. The summed E-state index contributed by atoms with van der Waals surface area (Å²) < 4.78 is 0. The number of pyridine rings is 1. The Labute approximate surface area is 165 Å². The lowest BCUT2D eigenvalue weighted by atomic mass is 10.0. The third-order valence-corrected chi connectivity index (χ3v) is 6.48. The van der Waals surface area contributed by atoms with Crippen LogP contribution in [0.5, 0.6) is 0 Å². The smallest absolute Gasteiger partial charge is 0.269 e. The Morgan fingerprint density at radius 3 is 2.74 bits per heavy atom. The van der Waals surface area contributed by atoms with Gasteiger partial charge in [-0.1, -0.05) is 17.4 Å². The Morgan fingerprint density at radius 2 is 2.11 bits per heavy atom. The molecule has 0 aliphatic carbocycles. The van der Waals surface area contributed by atoms with Gasteiger partial charge >= 0.3 is 0 Å². The van der Waals surface area contributed by atoms with Gasteiger partial charge in [-0.2, -0.15) is 5.26 Å². The number of hydrogen-bond acceptors (Lipinski definition) is 10. The summed E-state index contributed by atoms with van der Waals surface area (Å²) in [6.45, 7) is 1.80. The van der Waals surface area contributed by atoms with Crippen LogP contribution < -0.4 is 16.8 Å². The number of nitrogens with zero attached hydrogens (tertiary/aromatic N) is 4. The number of fused-ring (bicyclic) bond motifs is 1. The van der Waals surface area contributed by atoms with Gasteiger partial charge in [-0.3, -0.25) is 10.1 Å². The third kappa shape index (κ3) is 2.89. The summed E-state index contributed by atoms with van der Waals surface area (Å²) in [5.41, 5.74) is 13.4. The summed E-state index contributed by atoms with van der Waals surface area (Å²) in [6, 6.07) is 5.85. The average Bonchev–Trinajstić information content (AvgIpc) is 3.35. The SMILES string of the molecule is Cc1nnc(NC(=O)c2sc3nc(N)c(C#N)c(-c4cccs4)c3c2N)s1. The lowest BCUT2D eigenvalue weighted by Gasteiger charge is -2.07. The number of nitriles is 1. The van der Waals surface area contributed by atoms with Crippen LogP contribution in [-0.2, 0) is 0 Å². The van der Waals surface area contributed by atoms with Crippen molar-refractivity contribution in [1.82, 2.24) is 15.2 Å². The summed E-state index contributed by atoms with van der Waals surface area (Å²) >= 11 is 3.85. The Morgan fingerprint density at radius 1 is 1.30 bits per heavy atom. The van der Waals surface area contributed by atoms with Crippen molar-refractivity contribution < 1.29 is 4.79 Å². The van der Waals surface area contributed by atoms with Crippen molar-refractivity contribution in [3.8, 4) is 16.5 Å². The van der Waals surface area contributed by atoms with Crippen LogP contribution in [0.2, 0.25) is 0 Å². The number of rotatable bonds is 3. The predicted molar refractivity (Wildman–Crippen MR) is 109 cm³/mol. The van der Waals surface area contributed by atoms with Crippen molar-refractivity contribution in [3.05, 3.63) is 33.0 Å². The van der Waals surface area contributed by atoms with Gasteiger partial charge in [-0.05, 0) is 18.4 Å². The highest BCUT2D eigenvalue weighted by Gasteiger charge is 2.25. The van der Waals surface area contributed by atoms with Gasteiger partial charge in [0.1, 0.15) is 32.2 Å². The maximum atomic E-state index is 12.7. The number of thiophene rings is 2. The van der Waals surface area contributed by atoms with Crippen molar-refractivity contribution in [1.29, 1.82) is 5.26 Å². The van der Waals surface area contributed by atoms with E-state index in [1.807, 2.05) is 17.5 Å². The number of aromatic nitrogens is 3. The summed E-state index contributed by atoms with van der Waals surface area (Å²) in [6.07, 6.45) is 0. The fraction of sp³-hybridized carbons (Fsp3) is 0.0625. The summed E-state index contributed by atoms with van der Waals surface area (Å²) in [5.74, 6) is -0.290. The highest BCUT2D eigenvalue weighted by atomic mass is 32.1. The molecule has 0 fully saturated rings. The molecule has 4 heterocycles. The topological polar surface area (TPSA) is 144 Å². The number of nitrogen functional groups attached to an aromatic ring is 2. The normalized spacial score (nSPS) is 10.8. The quantitative estimate of drug-likeness (QED) is 0.466. The molecule has 0 atom stereocenters. The van der Waals surface area contributed by atoms with Crippen molar-refractivity contribution in [3.63, 3.8) is 0 Å². The van der Waals surface area contributed by atoms with Gasteiger partial charge in [0, 0.05) is 15.8 Å². The zero-order valence-electron chi connectivity index (χ0n) is 13.8. The van der Waals surface area contributed by atoms with Crippen molar-refractivity contribution >= 4 is 66.8 Å². The first kappa shape index (κ1) is 17.3. The summed E-state index contributed by atoms with van der Waals surface area (Å²) in [7, 11) is 0. The van der Waals surface area contributed by atoms with Gasteiger partial charge in [0.2, 0.25) is 5.13 Å². The molecule has 5 N–H and O–H groups in total. The molecule has 0 unspecified atom stereocenters. The van der Waals surface area contributed by atoms with Crippen LogP contribution in [0, 0.1) is 18.3 Å². The molecule has 4 rings (SSSR count). The maximum absolute atomic E-state index is 12.7. The van der Waals surface area contributed by atoms with Gasteiger partial charge in [0.05, 0.1) is 5.69 Å². The predicted octanol–water partition coefficient (Wildman–Crippen LogP) is 3.47. The maximum Gasteiger partial charge on any atom is 0.269 e. The van der Waals surface area contributed by atoms with Crippen molar-refractivity contribution in [2.75, 3.05) is 16.8 Å². The van der Waals surface area contributed by atoms with Crippen molar-refractivity contribution in [2.24, 2.45) is 0 Å². The molecule has 0 aromatic carbocycles. The van der Waals surface area contributed by atoms with Gasteiger partial charge in [0.15, 0.2) is 0 Å².